The third-order valence-electron chi connectivity index (χ3n) is 2.20. The van der Waals surface area contributed by atoms with E-state index < -0.39 is 25.2 Å². The molecule has 9 heteroatoms. The zero-order valence-electron chi connectivity index (χ0n) is 10.2. The fourth-order valence-corrected chi connectivity index (χ4v) is 1.54. The molecule has 0 saturated heterocycles. The predicted octanol–water partition coefficient (Wildman–Crippen LogP) is 1.25. The van der Waals surface area contributed by atoms with Crippen LogP contribution in [0.2, 0.25) is 0 Å². The van der Waals surface area contributed by atoms with E-state index in [0.29, 0.717) is 4.90 Å². The minimum atomic E-state index is -4.54. The Morgan fingerprint density at radius 1 is 1.47 bits per heavy atom. The molecule has 1 N–H and O–H groups in total. The molecule has 0 aromatic carbocycles. The fraction of sp³-hybridized carbons (Fsp3) is 0.500. The second-order valence-corrected chi connectivity index (χ2v) is 3.70. The maximum Gasteiger partial charge on any atom is 0.405 e. The van der Waals surface area contributed by atoms with Crippen LogP contribution in [0.15, 0.2) is 6.33 Å². The second-order valence-electron chi connectivity index (χ2n) is 3.70. The number of carboxylic acids is 1. The molecule has 0 unspecified atom stereocenters. The van der Waals surface area contributed by atoms with Gasteiger partial charge in [-0.2, -0.15) is 13.2 Å². The highest BCUT2D eigenvalue weighted by atomic mass is 19.4. The molecule has 6 nitrogen and oxygen atoms in total. The number of nitrogens with zero attached hydrogens (tertiary/aromatic N) is 3. The van der Waals surface area contributed by atoms with Gasteiger partial charge in [0.2, 0.25) is 5.88 Å². The number of alkyl halides is 3. The summed E-state index contributed by atoms with van der Waals surface area (Å²) < 4.78 is 42.2. The van der Waals surface area contributed by atoms with Gasteiger partial charge in [-0.05, 0) is 6.92 Å². The lowest BCUT2D eigenvalue weighted by atomic mass is 10.3. The van der Waals surface area contributed by atoms with Crippen LogP contribution in [-0.4, -0.2) is 47.4 Å². The summed E-state index contributed by atoms with van der Waals surface area (Å²) in [6, 6.07) is 0. The highest BCUT2D eigenvalue weighted by Gasteiger charge is 2.33. The van der Waals surface area contributed by atoms with E-state index in [1.807, 2.05) is 0 Å². The lowest BCUT2D eigenvalue weighted by Crippen LogP contribution is -2.39. The molecule has 106 valence electrons. The molecule has 1 aromatic heterocycles. The third kappa shape index (κ3) is 4.27. The van der Waals surface area contributed by atoms with Crippen molar-refractivity contribution in [2.45, 2.75) is 13.1 Å². The Hall–Kier alpha value is -2.06. The summed E-state index contributed by atoms with van der Waals surface area (Å²) in [5.74, 6) is -1.41. The van der Waals surface area contributed by atoms with Crippen molar-refractivity contribution in [1.29, 1.82) is 0 Å². The van der Waals surface area contributed by atoms with E-state index in [4.69, 9.17) is 9.84 Å². The second kappa shape index (κ2) is 5.72. The minimum absolute atomic E-state index is 0.0996. The van der Waals surface area contributed by atoms with Gasteiger partial charge in [0, 0.05) is 0 Å². The molecule has 0 saturated carbocycles. The number of aromatic nitrogens is 2. The maximum absolute atomic E-state index is 12.4. The summed E-state index contributed by atoms with van der Waals surface area (Å²) in [4.78, 5) is 18.7. The van der Waals surface area contributed by atoms with Crippen molar-refractivity contribution < 1.29 is 27.8 Å². The molecule has 0 aliphatic rings. The Kier molecular flexibility index (Phi) is 4.52. The standard InChI is InChI=1S/C10H12F3N3O3/c1-6-8(14-5-15-9(6)19-2)16(3-7(17)18)4-10(11,12)13/h5H,3-4H2,1-2H3,(H,17,18). The van der Waals surface area contributed by atoms with Crippen LogP contribution in [0.3, 0.4) is 0 Å². The molecule has 1 aromatic rings. The third-order valence-corrected chi connectivity index (χ3v) is 2.20. The first-order valence-electron chi connectivity index (χ1n) is 5.13. The molecule has 0 aliphatic heterocycles. The summed E-state index contributed by atoms with van der Waals surface area (Å²) in [5.41, 5.74) is 0.246. The zero-order valence-corrected chi connectivity index (χ0v) is 10.2. The van der Waals surface area contributed by atoms with Crippen molar-refractivity contribution in [3.05, 3.63) is 11.9 Å². The van der Waals surface area contributed by atoms with Crippen LogP contribution in [0.5, 0.6) is 5.88 Å². The molecule has 0 atom stereocenters. The summed E-state index contributed by atoms with van der Waals surface area (Å²) >= 11 is 0. The Bertz CT molecular complexity index is 465. The first-order valence-corrected chi connectivity index (χ1v) is 5.13. The molecule has 0 fully saturated rings. The largest absolute Gasteiger partial charge is 0.481 e. The highest BCUT2D eigenvalue weighted by molar-refractivity contribution is 5.73. The van der Waals surface area contributed by atoms with Gasteiger partial charge < -0.3 is 14.7 Å². The molecule has 0 spiro atoms. The van der Waals surface area contributed by atoms with E-state index in [1.54, 1.807) is 0 Å². The first-order chi connectivity index (χ1) is 8.74. The average molecular weight is 279 g/mol. The fourth-order valence-electron chi connectivity index (χ4n) is 1.54. The summed E-state index contributed by atoms with van der Waals surface area (Å²) in [5, 5.41) is 8.68. The predicted molar refractivity (Wildman–Crippen MR) is 59.2 cm³/mol. The van der Waals surface area contributed by atoms with Crippen LogP contribution in [0.4, 0.5) is 19.0 Å². The van der Waals surface area contributed by atoms with Gasteiger partial charge in [-0.1, -0.05) is 0 Å². The number of carboxylic acid groups (broad SMARTS) is 1. The summed E-state index contributed by atoms with van der Waals surface area (Å²) in [7, 11) is 1.31. The van der Waals surface area contributed by atoms with Crippen molar-refractivity contribution in [3.63, 3.8) is 0 Å². The van der Waals surface area contributed by atoms with Crippen molar-refractivity contribution in [3.8, 4) is 5.88 Å². The van der Waals surface area contributed by atoms with Crippen molar-refractivity contribution in [2.75, 3.05) is 25.1 Å². The topological polar surface area (TPSA) is 75.6 Å². The van der Waals surface area contributed by atoms with Crippen LogP contribution < -0.4 is 9.64 Å². The van der Waals surface area contributed by atoms with Crippen LogP contribution in [-0.2, 0) is 4.79 Å². The van der Waals surface area contributed by atoms with Crippen molar-refractivity contribution >= 4 is 11.8 Å². The average Bonchev–Trinajstić information content (AvgIpc) is 2.26. The molecule has 1 heterocycles. The molecule has 0 bridgehead atoms. The number of hydrogen-bond donors (Lipinski definition) is 1. The molecular formula is C10H12F3N3O3. The van der Waals surface area contributed by atoms with Gasteiger partial charge in [-0.15, -0.1) is 0 Å². The normalized spacial score (nSPS) is 11.2. The minimum Gasteiger partial charge on any atom is -0.481 e. The maximum atomic E-state index is 12.4. The van der Waals surface area contributed by atoms with Gasteiger partial charge in [0.05, 0.1) is 12.7 Å². The number of methoxy groups -OCH3 is 1. The van der Waals surface area contributed by atoms with Crippen LogP contribution >= 0.6 is 0 Å². The summed E-state index contributed by atoms with van der Waals surface area (Å²) in [6.07, 6.45) is -3.52. The van der Waals surface area contributed by atoms with Gasteiger partial charge in [-0.25, -0.2) is 9.97 Å². The van der Waals surface area contributed by atoms with E-state index in [9.17, 15) is 18.0 Å². The van der Waals surface area contributed by atoms with Crippen LogP contribution in [0.25, 0.3) is 0 Å². The van der Waals surface area contributed by atoms with Gasteiger partial charge in [0.1, 0.15) is 25.2 Å². The monoisotopic (exact) mass is 279 g/mol. The van der Waals surface area contributed by atoms with Crippen LogP contribution in [0, 0.1) is 6.92 Å². The van der Waals surface area contributed by atoms with Crippen molar-refractivity contribution in [2.24, 2.45) is 0 Å². The van der Waals surface area contributed by atoms with Gasteiger partial charge in [0.25, 0.3) is 0 Å². The quantitative estimate of drug-likeness (QED) is 0.874. The Labute approximate surface area is 106 Å². The van der Waals surface area contributed by atoms with E-state index in [2.05, 4.69) is 9.97 Å². The Balaban J connectivity index is 3.13. The van der Waals surface area contributed by atoms with Gasteiger partial charge >= 0.3 is 12.1 Å². The Morgan fingerprint density at radius 2 is 2.11 bits per heavy atom. The number of ether oxygens (including phenoxy) is 1. The van der Waals surface area contributed by atoms with Gasteiger partial charge in [0.15, 0.2) is 0 Å². The molecule has 0 aliphatic carbocycles. The number of carbonyl (C=O) groups is 1. The molecule has 19 heavy (non-hydrogen) atoms. The zero-order chi connectivity index (χ0) is 14.6. The molecule has 1 rings (SSSR count). The van der Waals surface area contributed by atoms with Gasteiger partial charge in [-0.3, -0.25) is 4.79 Å². The highest BCUT2D eigenvalue weighted by Crippen LogP contribution is 2.26. The molecular weight excluding hydrogens is 267 g/mol. The van der Waals surface area contributed by atoms with Crippen molar-refractivity contribution in [1.82, 2.24) is 9.97 Å². The summed E-state index contributed by atoms with van der Waals surface area (Å²) in [6.45, 7) is -0.778. The first kappa shape index (κ1) is 15.0. The smallest absolute Gasteiger partial charge is 0.405 e. The van der Waals surface area contributed by atoms with Crippen LogP contribution in [0.1, 0.15) is 5.56 Å². The Morgan fingerprint density at radius 3 is 2.58 bits per heavy atom. The van der Waals surface area contributed by atoms with E-state index in [0.717, 1.165) is 6.33 Å². The van der Waals surface area contributed by atoms with E-state index in [1.165, 1.54) is 14.0 Å². The van der Waals surface area contributed by atoms with E-state index >= 15 is 0 Å². The number of hydrogen-bond acceptors (Lipinski definition) is 5. The lowest BCUT2D eigenvalue weighted by molar-refractivity contribution is -0.136. The lowest BCUT2D eigenvalue weighted by Gasteiger charge is -2.24. The SMILES string of the molecule is COc1ncnc(N(CC(=O)O)CC(F)(F)F)c1C. The number of rotatable bonds is 5. The van der Waals surface area contributed by atoms with E-state index in [-0.39, 0.29) is 17.3 Å². The molecule has 0 amide bonds. The molecule has 0 radical (unpaired) electrons. The number of anilines is 1. The number of aliphatic carboxylic acids is 1. The number of halogens is 3.